The molecule has 0 amide bonds. The number of aromatic nitrogens is 1. The van der Waals surface area contributed by atoms with Gasteiger partial charge in [-0.05, 0) is 35.9 Å². The van der Waals surface area contributed by atoms with Crippen LogP contribution in [0.15, 0.2) is 91.0 Å². The van der Waals surface area contributed by atoms with E-state index in [0.29, 0.717) is 5.92 Å². The highest BCUT2D eigenvalue weighted by atomic mass is 15.2. The normalized spacial score (nSPS) is 19.6. The molecule has 3 aromatic carbocycles. The monoisotopic (exact) mass is 374 g/mol. The standard InChI is InChI=1S/C27H22N2/c1-28-24-14-8-6-12-22(24)26-25(28)18-17-20-16-15-19-9-5-7-13-23(19)29(27(20)26)21-10-3-2-4-11-21/h2-18,20,27H,1H3. The zero-order valence-corrected chi connectivity index (χ0v) is 16.4. The van der Waals surface area contributed by atoms with Crippen LogP contribution in [0.1, 0.15) is 22.9 Å². The summed E-state index contributed by atoms with van der Waals surface area (Å²) in [6.07, 6.45) is 9.33. The Kier molecular flexibility index (Phi) is 3.54. The molecule has 0 fully saturated rings. The van der Waals surface area contributed by atoms with Gasteiger partial charge in [0.25, 0.3) is 0 Å². The van der Waals surface area contributed by atoms with Crippen molar-refractivity contribution in [1.82, 2.24) is 4.57 Å². The Hall–Kier alpha value is -3.52. The van der Waals surface area contributed by atoms with Crippen LogP contribution in [-0.2, 0) is 7.05 Å². The summed E-state index contributed by atoms with van der Waals surface area (Å²) < 4.78 is 2.33. The molecule has 2 atom stereocenters. The van der Waals surface area contributed by atoms with Gasteiger partial charge >= 0.3 is 0 Å². The van der Waals surface area contributed by atoms with E-state index in [1.54, 1.807) is 0 Å². The van der Waals surface area contributed by atoms with E-state index in [0.717, 1.165) is 0 Å². The largest absolute Gasteiger partial charge is 0.344 e. The van der Waals surface area contributed by atoms with E-state index in [1.165, 1.54) is 39.1 Å². The molecule has 1 aliphatic heterocycles. The first-order chi connectivity index (χ1) is 14.3. The van der Waals surface area contributed by atoms with Crippen molar-refractivity contribution >= 4 is 34.4 Å². The lowest BCUT2D eigenvalue weighted by atomic mass is 9.85. The first-order valence-corrected chi connectivity index (χ1v) is 10.2. The average molecular weight is 374 g/mol. The lowest BCUT2D eigenvalue weighted by Gasteiger charge is -2.38. The Morgan fingerprint density at radius 2 is 1.45 bits per heavy atom. The summed E-state index contributed by atoms with van der Waals surface area (Å²) in [5.74, 6) is 0.306. The van der Waals surface area contributed by atoms with Crippen molar-refractivity contribution in [1.29, 1.82) is 0 Å². The van der Waals surface area contributed by atoms with Gasteiger partial charge in [0.15, 0.2) is 0 Å². The van der Waals surface area contributed by atoms with E-state index in [4.69, 9.17) is 0 Å². The van der Waals surface area contributed by atoms with Gasteiger partial charge in [0.1, 0.15) is 0 Å². The van der Waals surface area contributed by atoms with Gasteiger partial charge in [-0.3, -0.25) is 0 Å². The van der Waals surface area contributed by atoms with Crippen molar-refractivity contribution in [3.63, 3.8) is 0 Å². The van der Waals surface area contributed by atoms with E-state index >= 15 is 0 Å². The van der Waals surface area contributed by atoms with E-state index < -0.39 is 0 Å². The highest BCUT2D eigenvalue weighted by Gasteiger charge is 2.36. The molecule has 2 heterocycles. The molecule has 0 radical (unpaired) electrons. The van der Waals surface area contributed by atoms with Crippen molar-refractivity contribution in [3.8, 4) is 0 Å². The number of anilines is 2. The summed E-state index contributed by atoms with van der Waals surface area (Å²) in [6, 6.07) is 28.5. The molecule has 4 aromatic rings. The summed E-state index contributed by atoms with van der Waals surface area (Å²) in [4.78, 5) is 2.54. The molecule has 2 nitrogen and oxygen atoms in total. The van der Waals surface area contributed by atoms with Crippen LogP contribution >= 0.6 is 0 Å². The number of nitrogens with zero attached hydrogens (tertiary/aromatic N) is 2. The first kappa shape index (κ1) is 16.4. The quantitative estimate of drug-likeness (QED) is 0.359. The molecule has 2 unspecified atom stereocenters. The molecule has 0 bridgehead atoms. The first-order valence-electron chi connectivity index (χ1n) is 10.2. The zero-order valence-electron chi connectivity index (χ0n) is 16.4. The predicted octanol–water partition coefficient (Wildman–Crippen LogP) is 6.73. The Morgan fingerprint density at radius 3 is 2.34 bits per heavy atom. The van der Waals surface area contributed by atoms with Gasteiger partial charge in [0, 0.05) is 46.5 Å². The van der Waals surface area contributed by atoms with Crippen LogP contribution in [0.5, 0.6) is 0 Å². The fraction of sp³-hybridized carbons (Fsp3) is 0.111. The third-order valence-electron chi connectivity index (χ3n) is 6.34. The fourth-order valence-corrected chi connectivity index (χ4v) is 5.03. The molecule has 0 saturated heterocycles. The van der Waals surface area contributed by atoms with Crippen molar-refractivity contribution in [2.45, 2.75) is 6.04 Å². The van der Waals surface area contributed by atoms with E-state index in [1.807, 2.05) is 0 Å². The number of hydrogen-bond acceptors (Lipinski definition) is 1. The Bertz CT molecular complexity index is 1280. The second-order valence-corrected chi connectivity index (χ2v) is 7.88. The predicted molar refractivity (Wildman–Crippen MR) is 122 cm³/mol. The molecule has 29 heavy (non-hydrogen) atoms. The summed E-state index contributed by atoms with van der Waals surface area (Å²) in [6.45, 7) is 0. The minimum absolute atomic E-state index is 0.211. The van der Waals surface area contributed by atoms with Crippen LogP contribution in [0, 0.1) is 5.92 Å². The Balaban J connectivity index is 1.69. The number of rotatable bonds is 1. The highest BCUT2D eigenvalue weighted by molar-refractivity contribution is 5.91. The molecule has 0 saturated carbocycles. The van der Waals surface area contributed by atoms with Crippen LogP contribution in [0.4, 0.5) is 11.4 Å². The van der Waals surface area contributed by atoms with E-state index in [-0.39, 0.29) is 6.04 Å². The zero-order chi connectivity index (χ0) is 19.4. The van der Waals surface area contributed by atoms with Crippen LogP contribution in [0.25, 0.3) is 23.1 Å². The van der Waals surface area contributed by atoms with Gasteiger partial charge in [-0.1, -0.05) is 72.8 Å². The highest BCUT2D eigenvalue weighted by Crippen LogP contribution is 2.49. The van der Waals surface area contributed by atoms with Gasteiger partial charge in [-0.2, -0.15) is 0 Å². The van der Waals surface area contributed by atoms with E-state index in [2.05, 4.69) is 120 Å². The maximum absolute atomic E-state index is 2.54. The third kappa shape index (κ3) is 2.35. The number of aryl methyl sites for hydroxylation is 1. The van der Waals surface area contributed by atoms with Crippen LogP contribution in [-0.4, -0.2) is 4.57 Å². The molecule has 1 aliphatic carbocycles. The van der Waals surface area contributed by atoms with Gasteiger partial charge in [0.2, 0.25) is 0 Å². The van der Waals surface area contributed by atoms with Gasteiger partial charge in [0.05, 0.1) is 6.04 Å². The van der Waals surface area contributed by atoms with Gasteiger partial charge in [-0.15, -0.1) is 0 Å². The molecule has 6 rings (SSSR count). The summed E-state index contributed by atoms with van der Waals surface area (Å²) in [7, 11) is 2.18. The molecule has 0 spiro atoms. The van der Waals surface area contributed by atoms with Crippen molar-refractivity contribution in [2.75, 3.05) is 4.90 Å². The molecule has 1 aromatic heterocycles. The lowest BCUT2D eigenvalue weighted by molar-refractivity contribution is 0.600. The Labute approximate surface area is 171 Å². The summed E-state index contributed by atoms with van der Waals surface area (Å²) in [5.41, 5.74) is 7.77. The maximum atomic E-state index is 2.54. The molecule has 2 aliphatic rings. The average Bonchev–Trinajstić information content (AvgIpc) is 2.96. The summed E-state index contributed by atoms with van der Waals surface area (Å²) >= 11 is 0. The SMILES string of the molecule is Cn1c2c(c3ccccc31)C1C(C=Cc3ccccc3N1c1ccccc1)C=C2. The van der Waals surface area contributed by atoms with Gasteiger partial charge in [-0.25, -0.2) is 0 Å². The number of hydrogen-bond donors (Lipinski definition) is 0. The van der Waals surface area contributed by atoms with Gasteiger partial charge < -0.3 is 9.47 Å². The second kappa shape index (κ2) is 6.25. The minimum Gasteiger partial charge on any atom is -0.344 e. The van der Waals surface area contributed by atoms with Crippen LogP contribution in [0.3, 0.4) is 0 Å². The van der Waals surface area contributed by atoms with Crippen molar-refractivity contribution in [2.24, 2.45) is 13.0 Å². The maximum Gasteiger partial charge on any atom is 0.0716 e. The van der Waals surface area contributed by atoms with E-state index in [9.17, 15) is 0 Å². The molecular weight excluding hydrogens is 352 g/mol. The summed E-state index contributed by atoms with van der Waals surface area (Å²) in [5, 5.41) is 1.35. The lowest BCUT2D eigenvalue weighted by Crippen LogP contribution is -2.30. The second-order valence-electron chi connectivity index (χ2n) is 7.88. The smallest absolute Gasteiger partial charge is 0.0716 e. The topological polar surface area (TPSA) is 8.17 Å². The van der Waals surface area contributed by atoms with Crippen molar-refractivity contribution < 1.29 is 0 Å². The number of para-hydroxylation sites is 3. The molecular formula is C27H22N2. The van der Waals surface area contributed by atoms with Crippen molar-refractivity contribution in [3.05, 3.63) is 108 Å². The Morgan fingerprint density at radius 1 is 0.724 bits per heavy atom. The molecule has 2 heteroatoms. The minimum atomic E-state index is 0.211. The third-order valence-corrected chi connectivity index (χ3v) is 6.34. The van der Waals surface area contributed by atoms with Crippen LogP contribution < -0.4 is 4.90 Å². The fourth-order valence-electron chi connectivity index (χ4n) is 5.03. The molecule has 0 N–H and O–H groups in total. The number of benzene rings is 3. The molecule has 140 valence electrons. The number of fused-ring (bicyclic) bond motifs is 6. The van der Waals surface area contributed by atoms with Crippen LogP contribution in [0.2, 0.25) is 0 Å².